The number of ether oxygens (including phenoxy) is 1. The van der Waals surface area contributed by atoms with Crippen molar-refractivity contribution in [2.24, 2.45) is 0 Å². The molecule has 0 saturated heterocycles. The summed E-state index contributed by atoms with van der Waals surface area (Å²) in [6, 6.07) is 13.4. The van der Waals surface area contributed by atoms with E-state index in [2.05, 4.69) is 0 Å². The quantitative estimate of drug-likeness (QED) is 0.378. The first kappa shape index (κ1) is 21.9. The maximum atomic E-state index is 13.4. The number of Topliss-reactive ketones (excluding diaryl/α,β-unsaturated/α-hetero) is 1. The minimum absolute atomic E-state index is 0.0447. The first-order chi connectivity index (χ1) is 16.3. The number of benzene rings is 2. The van der Waals surface area contributed by atoms with Crippen LogP contribution in [0.5, 0.6) is 5.75 Å². The number of nitrogens with zero attached hydrogens (tertiary/aromatic N) is 2. The fourth-order valence-electron chi connectivity index (χ4n) is 4.29. The lowest BCUT2D eigenvalue weighted by molar-refractivity contribution is -0.117. The van der Waals surface area contributed by atoms with Gasteiger partial charge in [0.25, 0.3) is 5.91 Å². The van der Waals surface area contributed by atoms with Crippen LogP contribution in [0.2, 0.25) is 0 Å². The average molecular weight is 475 g/mol. The van der Waals surface area contributed by atoms with E-state index in [1.54, 1.807) is 50.4 Å². The highest BCUT2D eigenvalue weighted by atomic mass is 32.1. The Hall–Kier alpha value is -3.91. The number of rotatable bonds is 5. The van der Waals surface area contributed by atoms with Gasteiger partial charge in [0.2, 0.25) is 5.78 Å². The molecule has 0 saturated carbocycles. The van der Waals surface area contributed by atoms with Crippen molar-refractivity contribution in [2.75, 3.05) is 12.0 Å². The lowest BCUT2D eigenvalue weighted by atomic mass is 9.95. The standard InChI is InChI=1S/C26H22N2O5S/c1-13-11-14(2)21-19(12-13)34-26(27-21)28-22(16-6-8-17(32-4)9-7-16)20(24(30)25(28)31)23(29)18-10-5-15(3)33-18/h5-12,22,30H,1-4H3/t22-/m0/s1. The van der Waals surface area contributed by atoms with Crippen molar-refractivity contribution in [3.63, 3.8) is 0 Å². The van der Waals surface area contributed by atoms with E-state index in [0.717, 1.165) is 21.3 Å². The molecule has 7 nitrogen and oxygen atoms in total. The molecule has 0 spiro atoms. The monoisotopic (exact) mass is 474 g/mol. The van der Waals surface area contributed by atoms with Gasteiger partial charge in [0.05, 0.1) is 28.9 Å². The highest BCUT2D eigenvalue weighted by Gasteiger charge is 2.46. The van der Waals surface area contributed by atoms with Gasteiger partial charge in [-0.15, -0.1) is 0 Å². The lowest BCUT2D eigenvalue weighted by Gasteiger charge is -2.24. The van der Waals surface area contributed by atoms with E-state index in [9.17, 15) is 14.7 Å². The van der Waals surface area contributed by atoms with E-state index >= 15 is 0 Å². The first-order valence-electron chi connectivity index (χ1n) is 10.7. The molecular weight excluding hydrogens is 452 g/mol. The Balaban J connectivity index is 1.68. The van der Waals surface area contributed by atoms with Crippen LogP contribution in [0.1, 0.15) is 39.0 Å². The van der Waals surface area contributed by atoms with Gasteiger partial charge in [-0.2, -0.15) is 0 Å². The molecule has 0 radical (unpaired) electrons. The molecule has 5 rings (SSSR count). The van der Waals surface area contributed by atoms with Crippen molar-refractivity contribution in [3.8, 4) is 5.75 Å². The third-order valence-corrected chi connectivity index (χ3v) is 6.87. The number of aliphatic hydroxyl groups is 1. The van der Waals surface area contributed by atoms with Crippen LogP contribution in [0.15, 0.2) is 64.3 Å². The lowest BCUT2D eigenvalue weighted by Crippen LogP contribution is -2.30. The average Bonchev–Trinajstić information content (AvgIpc) is 3.50. The number of hydrogen-bond acceptors (Lipinski definition) is 7. The van der Waals surface area contributed by atoms with Gasteiger partial charge >= 0.3 is 0 Å². The molecule has 1 atom stereocenters. The summed E-state index contributed by atoms with van der Waals surface area (Å²) in [5.74, 6) is -0.581. The normalized spacial score (nSPS) is 16.1. The fourth-order valence-corrected chi connectivity index (χ4v) is 5.46. The Kier molecular flexibility index (Phi) is 5.25. The van der Waals surface area contributed by atoms with Crippen LogP contribution in [0.25, 0.3) is 10.2 Å². The van der Waals surface area contributed by atoms with Crippen LogP contribution >= 0.6 is 11.3 Å². The second-order valence-corrected chi connectivity index (χ2v) is 9.29. The molecule has 3 heterocycles. The van der Waals surface area contributed by atoms with Crippen molar-refractivity contribution in [2.45, 2.75) is 26.8 Å². The number of thiazole rings is 1. The van der Waals surface area contributed by atoms with Crippen LogP contribution < -0.4 is 9.64 Å². The van der Waals surface area contributed by atoms with Gasteiger partial charge in [0.15, 0.2) is 16.7 Å². The van der Waals surface area contributed by atoms with Gasteiger partial charge in [0.1, 0.15) is 11.5 Å². The van der Waals surface area contributed by atoms with E-state index in [1.807, 2.05) is 26.0 Å². The van der Waals surface area contributed by atoms with Gasteiger partial charge in [-0.05, 0) is 67.8 Å². The molecule has 1 aliphatic heterocycles. The Bertz CT molecular complexity index is 1480. The molecule has 0 aliphatic carbocycles. The molecular formula is C26H22N2O5S. The van der Waals surface area contributed by atoms with Gasteiger partial charge in [-0.25, -0.2) is 4.98 Å². The van der Waals surface area contributed by atoms with Crippen LogP contribution in [-0.4, -0.2) is 28.9 Å². The van der Waals surface area contributed by atoms with E-state index in [0.29, 0.717) is 22.2 Å². The number of aromatic nitrogens is 1. The number of furan rings is 1. The van der Waals surface area contributed by atoms with Crippen LogP contribution in [0.4, 0.5) is 5.13 Å². The zero-order valence-electron chi connectivity index (χ0n) is 19.1. The third kappa shape index (κ3) is 3.47. The Morgan fingerprint density at radius 2 is 1.85 bits per heavy atom. The highest BCUT2D eigenvalue weighted by Crippen LogP contribution is 2.45. The Labute approximate surface area is 199 Å². The summed E-state index contributed by atoms with van der Waals surface area (Å²) < 4.78 is 11.7. The number of fused-ring (bicyclic) bond motifs is 1. The maximum absolute atomic E-state index is 13.4. The van der Waals surface area contributed by atoms with Gasteiger partial charge in [-0.1, -0.05) is 29.5 Å². The predicted molar refractivity (Wildman–Crippen MR) is 130 cm³/mol. The molecule has 1 aliphatic rings. The van der Waals surface area contributed by atoms with Crippen molar-refractivity contribution >= 4 is 38.4 Å². The van der Waals surface area contributed by atoms with Crippen LogP contribution in [0.3, 0.4) is 0 Å². The summed E-state index contributed by atoms with van der Waals surface area (Å²) in [5.41, 5.74) is 3.45. The van der Waals surface area contributed by atoms with Gasteiger partial charge in [0, 0.05) is 0 Å². The SMILES string of the molecule is COc1ccc([C@H]2C(C(=O)c3ccc(C)o3)=C(O)C(=O)N2c2nc3c(C)cc(C)cc3s2)cc1. The first-order valence-corrected chi connectivity index (χ1v) is 11.5. The molecule has 1 amide bonds. The second-order valence-electron chi connectivity index (χ2n) is 8.28. The molecule has 2 aromatic carbocycles. The van der Waals surface area contributed by atoms with Crippen molar-refractivity contribution in [1.29, 1.82) is 0 Å². The van der Waals surface area contributed by atoms with Crippen LogP contribution in [-0.2, 0) is 4.79 Å². The molecule has 0 fully saturated rings. The van der Waals surface area contributed by atoms with Crippen molar-refractivity contribution < 1.29 is 23.8 Å². The molecule has 8 heteroatoms. The molecule has 34 heavy (non-hydrogen) atoms. The largest absolute Gasteiger partial charge is 0.503 e. The minimum atomic E-state index is -0.877. The van der Waals surface area contributed by atoms with E-state index < -0.39 is 23.5 Å². The van der Waals surface area contributed by atoms with Crippen molar-refractivity contribution in [3.05, 3.63) is 88.1 Å². The molecule has 0 bridgehead atoms. The van der Waals surface area contributed by atoms with Gasteiger partial charge in [-0.3, -0.25) is 14.5 Å². The smallest absolute Gasteiger partial charge is 0.296 e. The highest BCUT2D eigenvalue weighted by molar-refractivity contribution is 7.22. The molecule has 2 aromatic heterocycles. The summed E-state index contributed by atoms with van der Waals surface area (Å²) in [6.07, 6.45) is 0. The summed E-state index contributed by atoms with van der Waals surface area (Å²) in [7, 11) is 1.56. The maximum Gasteiger partial charge on any atom is 0.296 e. The number of methoxy groups -OCH3 is 1. The Morgan fingerprint density at radius 1 is 1.12 bits per heavy atom. The number of aliphatic hydroxyl groups excluding tert-OH is 1. The van der Waals surface area contributed by atoms with Gasteiger partial charge < -0.3 is 14.3 Å². The Morgan fingerprint density at radius 3 is 2.50 bits per heavy atom. The zero-order valence-corrected chi connectivity index (χ0v) is 19.9. The molecule has 4 aromatic rings. The summed E-state index contributed by atoms with van der Waals surface area (Å²) in [4.78, 5) is 32.9. The number of ketones is 1. The number of carbonyl (C=O) groups excluding carboxylic acids is 2. The fraction of sp³-hybridized carbons (Fsp3) is 0.192. The van der Waals surface area contributed by atoms with E-state index in [4.69, 9.17) is 14.1 Å². The zero-order chi connectivity index (χ0) is 24.1. The topological polar surface area (TPSA) is 92.9 Å². The van der Waals surface area contributed by atoms with Crippen LogP contribution in [0, 0.1) is 20.8 Å². The third-order valence-electron chi connectivity index (χ3n) is 5.87. The summed E-state index contributed by atoms with van der Waals surface area (Å²) in [6.45, 7) is 5.70. The number of hydrogen-bond donors (Lipinski definition) is 1. The summed E-state index contributed by atoms with van der Waals surface area (Å²) >= 11 is 1.35. The predicted octanol–water partition coefficient (Wildman–Crippen LogP) is 5.61. The molecule has 0 unspecified atom stereocenters. The number of amides is 1. The number of anilines is 1. The number of aryl methyl sites for hydroxylation is 3. The molecule has 1 N–H and O–H groups in total. The number of carbonyl (C=O) groups is 2. The van der Waals surface area contributed by atoms with E-state index in [1.165, 1.54) is 16.2 Å². The second kappa shape index (κ2) is 8.14. The van der Waals surface area contributed by atoms with E-state index in [-0.39, 0.29) is 11.3 Å². The minimum Gasteiger partial charge on any atom is -0.503 e. The molecule has 172 valence electrons. The summed E-state index contributed by atoms with van der Waals surface area (Å²) in [5, 5.41) is 11.3. The van der Waals surface area contributed by atoms with Crippen molar-refractivity contribution in [1.82, 2.24) is 4.98 Å².